The van der Waals surface area contributed by atoms with Crippen LogP contribution in [0.3, 0.4) is 0 Å². The van der Waals surface area contributed by atoms with Crippen LogP contribution in [0.1, 0.15) is 17.3 Å². The lowest BCUT2D eigenvalue weighted by Crippen LogP contribution is -2.45. The predicted octanol–water partition coefficient (Wildman–Crippen LogP) is -0.520. The average Bonchev–Trinajstić information content (AvgIpc) is 2.47. The Balaban J connectivity index is 1.90. The van der Waals surface area contributed by atoms with Gasteiger partial charge in [-0.3, -0.25) is 4.90 Å². The van der Waals surface area contributed by atoms with E-state index in [2.05, 4.69) is 15.2 Å². The van der Waals surface area contributed by atoms with Gasteiger partial charge < -0.3 is 19.8 Å². The van der Waals surface area contributed by atoms with Crippen molar-refractivity contribution in [3.8, 4) is 0 Å². The van der Waals surface area contributed by atoms with Crippen LogP contribution in [0.4, 0.5) is 0 Å². The van der Waals surface area contributed by atoms with Crippen LogP contribution < -0.4 is 10.8 Å². The molecular weight excluding hydrogens is 265 g/mol. The highest BCUT2D eigenvalue weighted by atomic mass is 31.2. The molecule has 0 amide bonds. The molecule has 0 spiro atoms. The van der Waals surface area contributed by atoms with E-state index in [1.165, 1.54) is 0 Å². The Kier molecular flexibility index (Phi) is 4.07. The Hall–Kier alpha value is -0.620. The molecule has 0 aliphatic carbocycles. The summed E-state index contributed by atoms with van der Waals surface area (Å²) in [4.78, 5) is 25.5. The lowest BCUT2D eigenvalue weighted by Gasteiger charge is -2.37. The maximum atomic E-state index is 9.33. The molecule has 3 rings (SSSR count). The Morgan fingerprint density at radius 3 is 2.84 bits per heavy atom. The van der Waals surface area contributed by atoms with E-state index in [1.807, 2.05) is 6.07 Å². The molecule has 1 atom stereocenters. The summed E-state index contributed by atoms with van der Waals surface area (Å²) in [5, 5.41) is 3.39. The molecule has 0 aromatic carbocycles. The molecule has 1 aromatic heterocycles. The molecule has 0 radical (unpaired) electrons. The molecule has 0 bridgehead atoms. The quantitative estimate of drug-likeness (QED) is 0.634. The smallest absolute Gasteiger partial charge is 0.219 e. The maximum Gasteiger partial charge on any atom is 0.219 e. The van der Waals surface area contributed by atoms with Crippen molar-refractivity contribution in [1.82, 2.24) is 15.2 Å². The summed E-state index contributed by atoms with van der Waals surface area (Å²) in [5.41, 5.74) is 2.51. The second-order valence-corrected chi connectivity index (χ2v) is 5.84. The van der Waals surface area contributed by atoms with Gasteiger partial charge in [-0.1, -0.05) is 6.07 Å². The van der Waals surface area contributed by atoms with Crippen molar-refractivity contribution >= 4 is 13.8 Å². The van der Waals surface area contributed by atoms with Crippen LogP contribution in [0.15, 0.2) is 12.1 Å². The van der Waals surface area contributed by atoms with Gasteiger partial charge >= 0.3 is 0 Å². The summed E-state index contributed by atoms with van der Waals surface area (Å²) < 4.78 is 5.38. The molecule has 3 heterocycles. The monoisotopic (exact) mass is 283 g/mol. The van der Waals surface area contributed by atoms with E-state index in [1.54, 1.807) is 6.07 Å². The van der Waals surface area contributed by atoms with Crippen LogP contribution in [0, 0.1) is 0 Å². The third-order valence-electron chi connectivity index (χ3n) is 3.66. The van der Waals surface area contributed by atoms with E-state index >= 15 is 0 Å². The molecule has 2 aliphatic rings. The van der Waals surface area contributed by atoms with Crippen molar-refractivity contribution < 1.29 is 14.5 Å². The Morgan fingerprint density at radius 2 is 2.11 bits per heavy atom. The summed E-state index contributed by atoms with van der Waals surface area (Å²) in [7, 11) is -2.12. The van der Waals surface area contributed by atoms with Gasteiger partial charge in [0.2, 0.25) is 8.38 Å². The first kappa shape index (κ1) is 13.4. The van der Waals surface area contributed by atoms with Gasteiger partial charge in [-0.2, -0.15) is 0 Å². The first-order valence-corrected chi connectivity index (χ1v) is 7.70. The fourth-order valence-electron chi connectivity index (χ4n) is 2.67. The van der Waals surface area contributed by atoms with Crippen LogP contribution in [0.25, 0.3) is 0 Å². The largest absolute Gasteiger partial charge is 0.379 e. The molecule has 3 N–H and O–H groups in total. The van der Waals surface area contributed by atoms with Gasteiger partial charge in [0, 0.05) is 26.2 Å². The fourth-order valence-corrected chi connectivity index (χ4v) is 3.08. The third-order valence-corrected chi connectivity index (χ3v) is 4.32. The second kappa shape index (κ2) is 5.79. The average molecular weight is 283 g/mol. The van der Waals surface area contributed by atoms with Gasteiger partial charge in [0.15, 0.2) is 0 Å². The first-order valence-electron chi connectivity index (χ1n) is 6.46. The molecular formula is C12H18N3O3P. The summed E-state index contributed by atoms with van der Waals surface area (Å²) >= 11 is 0. The molecule has 0 saturated carbocycles. The maximum absolute atomic E-state index is 9.33. The van der Waals surface area contributed by atoms with E-state index in [4.69, 9.17) is 4.74 Å². The minimum Gasteiger partial charge on any atom is -0.379 e. The van der Waals surface area contributed by atoms with E-state index in [0.29, 0.717) is 5.44 Å². The molecule has 1 saturated heterocycles. The number of pyridine rings is 1. The minimum atomic E-state index is -2.12. The predicted molar refractivity (Wildman–Crippen MR) is 72.1 cm³/mol. The van der Waals surface area contributed by atoms with Gasteiger partial charge in [0.05, 0.1) is 24.9 Å². The van der Waals surface area contributed by atoms with Crippen molar-refractivity contribution in [2.45, 2.75) is 12.6 Å². The van der Waals surface area contributed by atoms with E-state index < -0.39 is 8.38 Å². The number of ether oxygens (including phenoxy) is 1. The highest BCUT2D eigenvalue weighted by molar-refractivity contribution is 7.53. The standard InChI is InChI=1S/C12H18N3O3P/c16-19(17)11-2-1-9-7-13-8-10(12(9)14-11)15-3-5-18-6-4-15/h1-2,10,13,16-17H,3-8H2. The normalized spacial score (nSPS) is 24.5. The van der Waals surface area contributed by atoms with Crippen molar-refractivity contribution in [2.75, 3.05) is 32.8 Å². The molecule has 1 aromatic rings. The minimum absolute atomic E-state index is 0.197. The molecule has 19 heavy (non-hydrogen) atoms. The second-order valence-electron chi connectivity index (χ2n) is 4.80. The van der Waals surface area contributed by atoms with E-state index in [0.717, 1.165) is 50.7 Å². The number of morpholine rings is 1. The molecule has 1 fully saturated rings. The molecule has 1 unspecified atom stereocenters. The number of nitrogens with one attached hydrogen (secondary N) is 1. The number of rotatable bonds is 2. The highest BCUT2D eigenvalue weighted by Gasteiger charge is 2.29. The van der Waals surface area contributed by atoms with Gasteiger partial charge in [0.1, 0.15) is 5.44 Å². The SMILES string of the molecule is OP(O)c1ccc2c(n1)C(N1CCOCC1)CNC2. The highest BCUT2D eigenvalue weighted by Crippen LogP contribution is 2.28. The number of hydrogen-bond donors (Lipinski definition) is 3. The van der Waals surface area contributed by atoms with Crippen LogP contribution in [-0.4, -0.2) is 52.5 Å². The molecule has 104 valence electrons. The van der Waals surface area contributed by atoms with Gasteiger partial charge in [0.25, 0.3) is 0 Å². The van der Waals surface area contributed by atoms with Crippen LogP contribution in [0.5, 0.6) is 0 Å². The lowest BCUT2D eigenvalue weighted by molar-refractivity contribution is 0.0137. The zero-order valence-corrected chi connectivity index (χ0v) is 11.5. The first-order chi connectivity index (χ1) is 9.25. The van der Waals surface area contributed by atoms with Crippen molar-refractivity contribution in [3.05, 3.63) is 23.4 Å². The summed E-state index contributed by atoms with van der Waals surface area (Å²) in [6, 6.07) is 3.84. The zero-order valence-electron chi connectivity index (χ0n) is 10.6. The fraction of sp³-hybridized carbons (Fsp3) is 0.583. The van der Waals surface area contributed by atoms with E-state index in [-0.39, 0.29) is 6.04 Å². The van der Waals surface area contributed by atoms with Crippen LogP contribution in [0.2, 0.25) is 0 Å². The number of nitrogens with zero attached hydrogens (tertiary/aromatic N) is 2. The zero-order chi connectivity index (χ0) is 13.2. The van der Waals surface area contributed by atoms with Gasteiger partial charge in [-0.05, 0) is 11.6 Å². The van der Waals surface area contributed by atoms with Crippen molar-refractivity contribution in [1.29, 1.82) is 0 Å². The van der Waals surface area contributed by atoms with Crippen molar-refractivity contribution in [3.63, 3.8) is 0 Å². The summed E-state index contributed by atoms with van der Waals surface area (Å²) in [6.07, 6.45) is 0. The molecule has 2 aliphatic heterocycles. The molecule has 6 nitrogen and oxygen atoms in total. The lowest BCUT2D eigenvalue weighted by atomic mass is 10.0. The summed E-state index contributed by atoms with van der Waals surface area (Å²) in [6.45, 7) is 4.92. The number of fused-ring (bicyclic) bond motifs is 1. The number of aromatic nitrogens is 1. The topological polar surface area (TPSA) is 77.9 Å². The van der Waals surface area contributed by atoms with Gasteiger partial charge in [-0.15, -0.1) is 0 Å². The molecule has 7 heteroatoms. The van der Waals surface area contributed by atoms with E-state index in [9.17, 15) is 9.79 Å². The van der Waals surface area contributed by atoms with Crippen LogP contribution in [-0.2, 0) is 11.3 Å². The van der Waals surface area contributed by atoms with Crippen LogP contribution >= 0.6 is 8.38 Å². The third kappa shape index (κ3) is 2.79. The Morgan fingerprint density at radius 1 is 1.32 bits per heavy atom. The Bertz CT molecular complexity index is 452. The Labute approximate surface area is 113 Å². The number of hydrogen-bond acceptors (Lipinski definition) is 6. The van der Waals surface area contributed by atoms with Gasteiger partial charge in [-0.25, -0.2) is 4.98 Å². The summed E-state index contributed by atoms with van der Waals surface area (Å²) in [5.74, 6) is 0. The van der Waals surface area contributed by atoms with Crippen molar-refractivity contribution in [2.24, 2.45) is 0 Å².